The minimum Gasteiger partial charge on any atom is -0.480 e. The molecule has 1 saturated heterocycles. The number of nitrogens with two attached hydrogens (primary N) is 2. The lowest BCUT2D eigenvalue weighted by Crippen LogP contribution is -2.37. The highest BCUT2D eigenvalue weighted by molar-refractivity contribution is 6.32. The average molecular weight is 472 g/mol. The predicted octanol–water partition coefficient (Wildman–Crippen LogP) is 2.84. The molecule has 1 amide bonds. The van der Waals surface area contributed by atoms with Crippen LogP contribution in [-0.4, -0.2) is 42.1 Å². The summed E-state index contributed by atoms with van der Waals surface area (Å²) in [5, 5.41) is 12.2. The Morgan fingerprint density at radius 2 is 1.82 bits per heavy atom. The summed E-state index contributed by atoms with van der Waals surface area (Å²) in [6, 6.07) is 9.62. The number of piperidine rings is 1. The number of benzene rings is 2. The zero-order valence-electron chi connectivity index (χ0n) is 18.7. The Labute approximate surface area is 198 Å². The topological polar surface area (TPSA) is 134 Å². The summed E-state index contributed by atoms with van der Waals surface area (Å²) in [5.41, 5.74) is 15.6. The first-order valence-electron chi connectivity index (χ1n) is 11.0. The van der Waals surface area contributed by atoms with Gasteiger partial charge in [0.25, 0.3) is 5.91 Å². The van der Waals surface area contributed by atoms with Gasteiger partial charge in [0.2, 0.25) is 0 Å². The van der Waals surface area contributed by atoms with Gasteiger partial charge in [-0.3, -0.25) is 14.9 Å². The van der Waals surface area contributed by atoms with E-state index in [1.54, 1.807) is 24.3 Å². The lowest BCUT2D eigenvalue weighted by molar-refractivity contribution is -0.138. The number of carbonyl (C=O) groups is 2. The van der Waals surface area contributed by atoms with E-state index in [9.17, 15) is 9.59 Å². The van der Waals surface area contributed by atoms with Gasteiger partial charge in [-0.25, -0.2) is 4.99 Å². The molecule has 1 atom stereocenters. The van der Waals surface area contributed by atoms with Crippen LogP contribution in [0.3, 0.4) is 0 Å². The first-order valence-corrected chi connectivity index (χ1v) is 11.4. The molecule has 8 nitrogen and oxygen atoms in total. The summed E-state index contributed by atoms with van der Waals surface area (Å²) in [6.07, 6.45) is 3.70. The number of carbonyl (C=O) groups excluding carboxylic acids is 1. The van der Waals surface area contributed by atoms with Crippen LogP contribution in [-0.2, 0) is 17.8 Å². The lowest BCUT2D eigenvalue weighted by atomic mass is 10.0. The third-order valence-electron chi connectivity index (χ3n) is 5.75. The summed E-state index contributed by atoms with van der Waals surface area (Å²) in [5.74, 6) is -1.48. The van der Waals surface area contributed by atoms with Gasteiger partial charge in [-0.05, 0) is 61.9 Å². The molecular formula is C24H30ClN5O3. The number of aliphatic carboxylic acids is 1. The number of hydrogen-bond acceptors (Lipinski definition) is 5. The Bertz CT molecular complexity index is 1030. The quantitative estimate of drug-likeness (QED) is 0.362. The van der Waals surface area contributed by atoms with E-state index in [-0.39, 0.29) is 18.9 Å². The largest absolute Gasteiger partial charge is 0.480 e. The van der Waals surface area contributed by atoms with E-state index in [0.29, 0.717) is 10.6 Å². The third kappa shape index (κ3) is 6.46. The fourth-order valence-corrected chi connectivity index (χ4v) is 4.05. The molecule has 0 saturated carbocycles. The van der Waals surface area contributed by atoms with Gasteiger partial charge in [-0.1, -0.05) is 29.8 Å². The predicted molar refractivity (Wildman–Crippen MR) is 131 cm³/mol. The summed E-state index contributed by atoms with van der Waals surface area (Å²) in [4.78, 5) is 30.1. The van der Waals surface area contributed by atoms with Crippen molar-refractivity contribution in [3.05, 3.63) is 63.7 Å². The maximum atomic E-state index is 12.5. The first kappa shape index (κ1) is 24.5. The smallest absolute Gasteiger partial charge is 0.320 e. The van der Waals surface area contributed by atoms with Crippen molar-refractivity contribution in [1.82, 2.24) is 5.32 Å². The van der Waals surface area contributed by atoms with E-state index in [1.165, 1.54) is 6.42 Å². The molecule has 6 N–H and O–H groups in total. The van der Waals surface area contributed by atoms with Crippen LogP contribution < -0.4 is 21.7 Å². The lowest BCUT2D eigenvalue weighted by Gasteiger charge is -2.31. The van der Waals surface area contributed by atoms with Gasteiger partial charge in [0.1, 0.15) is 6.04 Å². The van der Waals surface area contributed by atoms with Crippen LogP contribution in [0.1, 0.15) is 46.3 Å². The Hall–Kier alpha value is -3.10. The minimum atomic E-state index is -1.07. The van der Waals surface area contributed by atoms with Crippen LogP contribution in [0.15, 0.2) is 41.4 Å². The van der Waals surface area contributed by atoms with Crippen molar-refractivity contribution < 1.29 is 14.7 Å². The van der Waals surface area contributed by atoms with E-state index in [1.807, 2.05) is 13.0 Å². The van der Waals surface area contributed by atoms with E-state index in [2.05, 4.69) is 21.3 Å². The number of aliphatic imine (C=N–C) groups is 1. The number of nitrogens with zero attached hydrogens (tertiary/aromatic N) is 2. The number of aryl methyl sites for hydroxylation is 1. The molecule has 3 rings (SSSR count). The number of carboxylic acids is 1. The molecule has 1 heterocycles. The number of amides is 1. The maximum Gasteiger partial charge on any atom is 0.320 e. The molecule has 0 aliphatic carbocycles. The Morgan fingerprint density at radius 1 is 1.15 bits per heavy atom. The minimum absolute atomic E-state index is 0.000794. The molecule has 0 aromatic heterocycles. The van der Waals surface area contributed by atoms with E-state index in [0.717, 1.165) is 48.3 Å². The fourth-order valence-electron chi connectivity index (χ4n) is 3.84. The number of rotatable bonds is 7. The van der Waals surface area contributed by atoms with Crippen molar-refractivity contribution >= 4 is 35.1 Å². The molecule has 0 radical (unpaired) electrons. The van der Waals surface area contributed by atoms with Crippen molar-refractivity contribution in [2.24, 2.45) is 16.5 Å². The van der Waals surface area contributed by atoms with E-state index >= 15 is 0 Å². The molecule has 33 heavy (non-hydrogen) atoms. The third-order valence-corrected chi connectivity index (χ3v) is 6.27. The van der Waals surface area contributed by atoms with Crippen LogP contribution in [0.25, 0.3) is 0 Å². The summed E-state index contributed by atoms with van der Waals surface area (Å²) in [6.45, 7) is 4.17. The zero-order valence-corrected chi connectivity index (χ0v) is 19.4. The van der Waals surface area contributed by atoms with Gasteiger partial charge >= 0.3 is 5.97 Å². The Kier molecular flexibility index (Phi) is 8.30. The highest BCUT2D eigenvalue weighted by Gasteiger charge is 2.18. The van der Waals surface area contributed by atoms with Gasteiger partial charge in [0, 0.05) is 29.9 Å². The molecule has 176 valence electrons. The van der Waals surface area contributed by atoms with Gasteiger partial charge in [0.15, 0.2) is 5.96 Å². The van der Waals surface area contributed by atoms with E-state index < -0.39 is 17.9 Å². The highest BCUT2D eigenvalue weighted by Crippen LogP contribution is 2.32. The molecule has 2 aromatic rings. The van der Waals surface area contributed by atoms with Crippen LogP contribution in [0, 0.1) is 6.92 Å². The molecule has 2 aromatic carbocycles. The number of guanidine groups is 1. The van der Waals surface area contributed by atoms with Crippen molar-refractivity contribution in [2.75, 3.05) is 18.0 Å². The monoisotopic (exact) mass is 471 g/mol. The molecule has 0 spiro atoms. The number of anilines is 1. The second kappa shape index (κ2) is 11.2. The maximum absolute atomic E-state index is 12.5. The SMILES string of the molecule is Cc1ccc(N2CCCCC2)c(CN=C(N)NC(=O)c2ccc(C[C@H](N)C(=O)O)cc2)c1Cl. The van der Waals surface area contributed by atoms with E-state index in [4.69, 9.17) is 28.2 Å². The van der Waals surface area contributed by atoms with Crippen molar-refractivity contribution in [3.8, 4) is 0 Å². The molecule has 0 unspecified atom stereocenters. The Morgan fingerprint density at radius 3 is 2.45 bits per heavy atom. The molecule has 1 aliphatic rings. The van der Waals surface area contributed by atoms with Gasteiger partial charge in [0.05, 0.1) is 11.6 Å². The van der Waals surface area contributed by atoms with Gasteiger partial charge < -0.3 is 21.5 Å². The van der Waals surface area contributed by atoms with Crippen LogP contribution in [0.2, 0.25) is 5.02 Å². The summed E-state index contributed by atoms with van der Waals surface area (Å²) in [7, 11) is 0. The fraction of sp³-hybridized carbons (Fsp3) is 0.375. The second-order valence-corrected chi connectivity index (χ2v) is 8.62. The average Bonchev–Trinajstić information content (AvgIpc) is 2.80. The molecule has 1 aliphatic heterocycles. The van der Waals surface area contributed by atoms with Crippen molar-refractivity contribution in [3.63, 3.8) is 0 Å². The number of carboxylic acid groups (broad SMARTS) is 1. The number of halogens is 1. The summed E-state index contributed by atoms with van der Waals surface area (Å²) >= 11 is 6.60. The second-order valence-electron chi connectivity index (χ2n) is 8.24. The Balaban J connectivity index is 1.67. The van der Waals surface area contributed by atoms with Crippen molar-refractivity contribution in [2.45, 2.75) is 45.2 Å². The molecule has 0 bridgehead atoms. The van der Waals surface area contributed by atoms with Crippen LogP contribution in [0.5, 0.6) is 0 Å². The molecule has 1 fully saturated rings. The first-order chi connectivity index (χ1) is 15.8. The van der Waals surface area contributed by atoms with Crippen LogP contribution in [0.4, 0.5) is 5.69 Å². The van der Waals surface area contributed by atoms with Crippen molar-refractivity contribution in [1.29, 1.82) is 0 Å². The van der Waals surface area contributed by atoms with Gasteiger partial charge in [-0.15, -0.1) is 0 Å². The normalized spacial score (nSPS) is 15.2. The van der Waals surface area contributed by atoms with Gasteiger partial charge in [-0.2, -0.15) is 0 Å². The molecular weight excluding hydrogens is 442 g/mol. The van der Waals surface area contributed by atoms with Crippen LogP contribution >= 0.6 is 11.6 Å². The number of nitrogens with one attached hydrogen (secondary N) is 1. The number of hydrogen-bond donors (Lipinski definition) is 4. The summed E-state index contributed by atoms with van der Waals surface area (Å²) < 4.78 is 0. The molecule has 9 heteroatoms. The standard InChI is InChI=1S/C24H30ClN5O3/c1-15-5-10-20(30-11-3-2-4-12-30)18(21(15)25)14-28-24(27)29-22(31)17-8-6-16(7-9-17)13-19(26)23(32)33/h5-10,19H,2-4,11-14,26H2,1H3,(H,32,33)(H3,27,28,29,31)/t19-/m0/s1. The zero-order chi connectivity index (χ0) is 24.0. The highest BCUT2D eigenvalue weighted by atomic mass is 35.5.